The Morgan fingerprint density at radius 3 is 2.57 bits per heavy atom. The van der Waals surface area contributed by atoms with Gasteiger partial charge in [0.2, 0.25) is 0 Å². The van der Waals surface area contributed by atoms with E-state index in [1.54, 1.807) is 0 Å². The summed E-state index contributed by atoms with van der Waals surface area (Å²) in [6.07, 6.45) is -0.259. The van der Waals surface area contributed by atoms with Crippen LogP contribution in [-0.2, 0) is 9.47 Å². The van der Waals surface area contributed by atoms with E-state index in [4.69, 9.17) is 15.2 Å². The fraction of sp³-hybridized carbons (Fsp3) is 1.00. The number of ether oxygens (including phenoxy) is 2. The maximum atomic E-state index is 5.21. The second-order valence-electron chi connectivity index (χ2n) is 1.42. The summed E-state index contributed by atoms with van der Waals surface area (Å²) >= 11 is 0. The lowest BCUT2D eigenvalue weighted by Gasteiger charge is -1.87. The highest BCUT2D eigenvalue weighted by atomic mass is 16.8. The summed E-state index contributed by atoms with van der Waals surface area (Å²) in [5.41, 5.74) is 5.21. The van der Waals surface area contributed by atoms with Crippen LogP contribution in [-0.4, -0.2) is 19.1 Å². The molecule has 0 aromatic rings. The van der Waals surface area contributed by atoms with Crippen LogP contribution in [0.2, 0.25) is 0 Å². The molecule has 2 atom stereocenters. The van der Waals surface area contributed by atoms with Crippen molar-refractivity contribution in [2.45, 2.75) is 19.4 Å². The first-order valence-corrected chi connectivity index (χ1v) is 2.37. The lowest BCUT2D eigenvalue weighted by Crippen LogP contribution is -2.07. The van der Waals surface area contributed by atoms with Gasteiger partial charge in [0.25, 0.3) is 0 Å². The van der Waals surface area contributed by atoms with Crippen molar-refractivity contribution in [2.75, 3.05) is 6.61 Å². The molecule has 0 spiro atoms. The molecule has 1 fully saturated rings. The molecule has 0 aromatic heterocycles. The second kappa shape index (κ2) is 1.78. The molecule has 0 amide bonds. The molecule has 0 aromatic carbocycles. The fourth-order valence-electron chi connectivity index (χ4n) is 0.408. The molecule has 7 heavy (non-hydrogen) atoms. The van der Waals surface area contributed by atoms with E-state index in [0.717, 1.165) is 0 Å². The SMILES string of the molecule is CCOC1OC1N. The topological polar surface area (TPSA) is 47.8 Å². The van der Waals surface area contributed by atoms with Gasteiger partial charge in [-0.05, 0) is 6.92 Å². The highest BCUT2D eigenvalue weighted by molar-refractivity contribution is 4.67. The van der Waals surface area contributed by atoms with Crippen molar-refractivity contribution < 1.29 is 9.47 Å². The van der Waals surface area contributed by atoms with E-state index in [1.165, 1.54) is 0 Å². The number of hydrogen-bond donors (Lipinski definition) is 1. The summed E-state index contributed by atoms with van der Waals surface area (Å²) in [6.45, 7) is 2.59. The van der Waals surface area contributed by atoms with E-state index < -0.39 is 0 Å². The smallest absolute Gasteiger partial charge is 0.199 e. The summed E-state index contributed by atoms with van der Waals surface area (Å²) in [5, 5.41) is 0. The van der Waals surface area contributed by atoms with Crippen LogP contribution in [0.1, 0.15) is 6.92 Å². The summed E-state index contributed by atoms with van der Waals surface area (Å²) in [7, 11) is 0. The van der Waals surface area contributed by atoms with Gasteiger partial charge in [0, 0.05) is 6.61 Å². The van der Waals surface area contributed by atoms with Gasteiger partial charge in [-0.1, -0.05) is 0 Å². The minimum absolute atomic E-state index is 0.106. The Morgan fingerprint density at radius 2 is 2.43 bits per heavy atom. The monoisotopic (exact) mass is 103 g/mol. The Kier molecular flexibility index (Phi) is 1.27. The van der Waals surface area contributed by atoms with E-state index in [-0.39, 0.29) is 12.5 Å². The molecular formula is C4H9NO2. The van der Waals surface area contributed by atoms with Gasteiger partial charge in [0.05, 0.1) is 0 Å². The van der Waals surface area contributed by atoms with Gasteiger partial charge in [-0.2, -0.15) is 0 Å². The highest BCUT2D eigenvalue weighted by Crippen LogP contribution is 2.16. The molecule has 42 valence electrons. The number of epoxide rings is 1. The van der Waals surface area contributed by atoms with E-state index >= 15 is 0 Å². The van der Waals surface area contributed by atoms with Crippen LogP contribution in [0.25, 0.3) is 0 Å². The van der Waals surface area contributed by atoms with Gasteiger partial charge in [-0.3, -0.25) is 0 Å². The molecule has 3 nitrogen and oxygen atoms in total. The second-order valence-corrected chi connectivity index (χ2v) is 1.42. The number of rotatable bonds is 2. The van der Waals surface area contributed by atoms with Crippen LogP contribution in [0.3, 0.4) is 0 Å². The van der Waals surface area contributed by atoms with Crippen LogP contribution in [0, 0.1) is 0 Å². The first-order valence-electron chi connectivity index (χ1n) is 2.37. The van der Waals surface area contributed by atoms with Crippen LogP contribution in [0.4, 0.5) is 0 Å². The lowest BCUT2D eigenvalue weighted by atomic mass is 10.7. The lowest BCUT2D eigenvalue weighted by molar-refractivity contribution is 0.0593. The van der Waals surface area contributed by atoms with E-state index in [1.807, 2.05) is 6.92 Å². The third-order valence-electron chi connectivity index (χ3n) is 0.814. The molecule has 1 aliphatic heterocycles. The third kappa shape index (κ3) is 1.12. The van der Waals surface area contributed by atoms with Crippen LogP contribution in [0.15, 0.2) is 0 Å². The fourth-order valence-corrected chi connectivity index (χ4v) is 0.408. The maximum absolute atomic E-state index is 5.21. The van der Waals surface area contributed by atoms with Gasteiger partial charge in [0.15, 0.2) is 12.5 Å². The Labute approximate surface area is 42.4 Å². The predicted octanol–water partition coefficient (Wildman–Crippen LogP) is -0.336. The van der Waals surface area contributed by atoms with Gasteiger partial charge >= 0.3 is 0 Å². The van der Waals surface area contributed by atoms with E-state index in [0.29, 0.717) is 6.61 Å². The molecule has 0 aliphatic carbocycles. The van der Waals surface area contributed by atoms with Gasteiger partial charge in [0.1, 0.15) is 0 Å². The Bertz CT molecular complexity index is 66.7. The van der Waals surface area contributed by atoms with Crippen LogP contribution in [0.5, 0.6) is 0 Å². The van der Waals surface area contributed by atoms with Crippen molar-refractivity contribution in [2.24, 2.45) is 5.73 Å². The standard InChI is InChI=1S/C4H9NO2/c1-2-6-4-3(5)7-4/h3-4H,2,5H2,1H3. The van der Waals surface area contributed by atoms with Crippen molar-refractivity contribution >= 4 is 0 Å². The minimum atomic E-state index is -0.153. The normalized spacial score (nSPS) is 38.6. The molecule has 2 unspecified atom stereocenters. The minimum Gasteiger partial charge on any atom is -0.349 e. The van der Waals surface area contributed by atoms with E-state index in [2.05, 4.69) is 0 Å². The largest absolute Gasteiger partial charge is 0.349 e. The third-order valence-corrected chi connectivity index (χ3v) is 0.814. The van der Waals surface area contributed by atoms with Gasteiger partial charge in [-0.25, -0.2) is 0 Å². The molecular weight excluding hydrogens is 94.0 g/mol. The molecule has 2 N–H and O–H groups in total. The van der Waals surface area contributed by atoms with Crippen molar-refractivity contribution in [1.82, 2.24) is 0 Å². The van der Waals surface area contributed by atoms with Crippen molar-refractivity contribution in [3.63, 3.8) is 0 Å². The van der Waals surface area contributed by atoms with Gasteiger partial charge < -0.3 is 15.2 Å². The van der Waals surface area contributed by atoms with Crippen LogP contribution < -0.4 is 5.73 Å². The molecule has 0 bridgehead atoms. The van der Waals surface area contributed by atoms with Crippen molar-refractivity contribution in [3.8, 4) is 0 Å². The molecule has 0 saturated carbocycles. The first-order chi connectivity index (χ1) is 3.34. The summed E-state index contributed by atoms with van der Waals surface area (Å²) in [4.78, 5) is 0. The summed E-state index contributed by atoms with van der Waals surface area (Å²) in [5.74, 6) is 0. The zero-order valence-corrected chi connectivity index (χ0v) is 4.26. The molecule has 1 rings (SSSR count). The molecule has 3 heteroatoms. The zero-order chi connectivity index (χ0) is 5.28. The quantitative estimate of drug-likeness (QED) is 0.486. The van der Waals surface area contributed by atoms with E-state index in [9.17, 15) is 0 Å². The molecule has 1 heterocycles. The molecule has 1 saturated heterocycles. The number of nitrogens with two attached hydrogens (primary N) is 1. The zero-order valence-electron chi connectivity index (χ0n) is 4.26. The summed E-state index contributed by atoms with van der Waals surface area (Å²) in [6, 6.07) is 0. The number of hydrogen-bond acceptors (Lipinski definition) is 3. The Hall–Kier alpha value is -0.120. The predicted molar refractivity (Wildman–Crippen MR) is 24.5 cm³/mol. The Morgan fingerprint density at radius 1 is 1.86 bits per heavy atom. The molecule has 1 aliphatic rings. The summed E-state index contributed by atoms with van der Waals surface area (Å²) < 4.78 is 9.63. The van der Waals surface area contributed by atoms with Crippen molar-refractivity contribution in [3.05, 3.63) is 0 Å². The Balaban J connectivity index is 1.98. The highest BCUT2D eigenvalue weighted by Gasteiger charge is 2.35. The maximum Gasteiger partial charge on any atom is 0.199 e. The average molecular weight is 103 g/mol. The van der Waals surface area contributed by atoms with Gasteiger partial charge in [-0.15, -0.1) is 0 Å². The van der Waals surface area contributed by atoms with Crippen LogP contribution >= 0.6 is 0 Å². The average Bonchev–Trinajstić information content (AvgIpc) is 2.22. The first kappa shape index (κ1) is 5.03. The van der Waals surface area contributed by atoms with Crippen molar-refractivity contribution in [1.29, 1.82) is 0 Å². The molecule has 0 radical (unpaired) electrons.